The molecule has 1 saturated carbocycles. The molecule has 0 atom stereocenters. The SMILES string of the molecule is CC(C)c1ccc(N=c2scc(-c3ccc([N+](=O)[O-])cc3)n2N=C2CCCCC2)cc1. The quantitative estimate of drug-likeness (QED) is 0.333. The molecule has 31 heavy (non-hydrogen) atoms. The molecule has 1 aromatic heterocycles. The summed E-state index contributed by atoms with van der Waals surface area (Å²) in [4.78, 5) is 16.3. The van der Waals surface area contributed by atoms with Crippen molar-refractivity contribution in [2.24, 2.45) is 10.1 Å². The molecule has 1 aliphatic rings. The van der Waals surface area contributed by atoms with Crippen LogP contribution in [-0.2, 0) is 0 Å². The summed E-state index contributed by atoms with van der Waals surface area (Å²) in [6.07, 6.45) is 5.59. The Kier molecular flexibility index (Phi) is 6.42. The molecule has 1 fully saturated rings. The van der Waals surface area contributed by atoms with Gasteiger partial charge in [-0.3, -0.25) is 10.1 Å². The molecular weight excluding hydrogens is 408 g/mol. The van der Waals surface area contributed by atoms with E-state index in [1.165, 1.54) is 54.0 Å². The topological polar surface area (TPSA) is 72.8 Å². The molecule has 0 N–H and O–H groups in total. The normalized spacial score (nSPS) is 14.8. The first-order valence-corrected chi connectivity index (χ1v) is 11.6. The second-order valence-electron chi connectivity index (χ2n) is 8.10. The number of rotatable bonds is 5. The van der Waals surface area contributed by atoms with Gasteiger partial charge in [0.1, 0.15) is 0 Å². The number of aromatic nitrogens is 1. The first-order chi connectivity index (χ1) is 15.0. The number of non-ortho nitro benzene ring substituents is 1. The maximum atomic E-state index is 11.0. The van der Waals surface area contributed by atoms with Gasteiger partial charge in [-0.15, -0.1) is 11.3 Å². The smallest absolute Gasteiger partial charge is 0.258 e. The minimum atomic E-state index is -0.380. The van der Waals surface area contributed by atoms with Crippen molar-refractivity contribution in [3.05, 3.63) is 74.4 Å². The predicted octanol–water partition coefficient (Wildman–Crippen LogP) is 6.65. The molecule has 0 radical (unpaired) electrons. The molecule has 1 aliphatic carbocycles. The van der Waals surface area contributed by atoms with Gasteiger partial charge in [-0.1, -0.05) is 32.4 Å². The van der Waals surface area contributed by atoms with Crippen LogP contribution in [0.1, 0.15) is 57.4 Å². The van der Waals surface area contributed by atoms with Crippen LogP contribution < -0.4 is 4.80 Å². The summed E-state index contributed by atoms with van der Waals surface area (Å²) in [5.74, 6) is 0.479. The van der Waals surface area contributed by atoms with E-state index in [9.17, 15) is 10.1 Å². The van der Waals surface area contributed by atoms with Crippen LogP contribution in [0.3, 0.4) is 0 Å². The molecule has 6 nitrogen and oxygen atoms in total. The lowest BCUT2D eigenvalue weighted by Crippen LogP contribution is -2.15. The summed E-state index contributed by atoms with van der Waals surface area (Å²) in [7, 11) is 0. The monoisotopic (exact) mass is 434 g/mol. The number of hydrogen-bond donors (Lipinski definition) is 0. The summed E-state index contributed by atoms with van der Waals surface area (Å²) in [6, 6.07) is 14.9. The van der Waals surface area contributed by atoms with Gasteiger partial charge in [0.2, 0.25) is 4.80 Å². The fourth-order valence-electron chi connectivity index (χ4n) is 3.67. The second kappa shape index (κ2) is 9.39. The molecule has 7 heteroatoms. The first kappa shape index (κ1) is 21.2. The zero-order valence-electron chi connectivity index (χ0n) is 17.8. The fourth-order valence-corrected chi connectivity index (χ4v) is 4.52. The number of thiazole rings is 1. The summed E-state index contributed by atoms with van der Waals surface area (Å²) >= 11 is 1.53. The van der Waals surface area contributed by atoms with E-state index in [1.807, 2.05) is 22.2 Å². The maximum Gasteiger partial charge on any atom is 0.269 e. The second-order valence-corrected chi connectivity index (χ2v) is 8.94. The van der Waals surface area contributed by atoms with E-state index in [2.05, 4.69) is 26.0 Å². The van der Waals surface area contributed by atoms with Gasteiger partial charge in [-0.25, -0.2) is 9.67 Å². The highest BCUT2D eigenvalue weighted by molar-refractivity contribution is 7.07. The molecule has 2 aromatic carbocycles. The molecule has 0 bridgehead atoms. The van der Waals surface area contributed by atoms with E-state index in [1.54, 1.807) is 12.1 Å². The first-order valence-electron chi connectivity index (χ1n) is 10.7. The van der Waals surface area contributed by atoms with Crippen LogP contribution in [0, 0.1) is 10.1 Å². The predicted molar refractivity (Wildman–Crippen MR) is 126 cm³/mol. The van der Waals surface area contributed by atoms with Gasteiger partial charge >= 0.3 is 0 Å². The van der Waals surface area contributed by atoms with Crippen LogP contribution in [0.2, 0.25) is 0 Å². The Morgan fingerprint density at radius 1 is 1.00 bits per heavy atom. The van der Waals surface area contributed by atoms with Crippen LogP contribution in [0.15, 0.2) is 64.0 Å². The van der Waals surface area contributed by atoms with Crippen molar-refractivity contribution in [3.8, 4) is 11.3 Å². The van der Waals surface area contributed by atoms with Crippen molar-refractivity contribution >= 4 is 28.4 Å². The Balaban J connectivity index is 1.79. The molecule has 160 valence electrons. The lowest BCUT2D eigenvalue weighted by atomic mass is 9.99. The molecular formula is C24H26N4O2S. The molecule has 0 spiro atoms. The van der Waals surface area contributed by atoms with E-state index in [0.717, 1.165) is 34.6 Å². The summed E-state index contributed by atoms with van der Waals surface area (Å²) in [5.41, 5.74) is 5.23. The van der Waals surface area contributed by atoms with Crippen molar-refractivity contribution in [1.82, 2.24) is 4.68 Å². The van der Waals surface area contributed by atoms with Crippen LogP contribution in [-0.4, -0.2) is 15.3 Å². The van der Waals surface area contributed by atoms with Crippen LogP contribution in [0.5, 0.6) is 0 Å². The third-order valence-electron chi connectivity index (χ3n) is 5.52. The van der Waals surface area contributed by atoms with E-state index in [0.29, 0.717) is 5.92 Å². The van der Waals surface area contributed by atoms with Gasteiger partial charge in [0, 0.05) is 28.8 Å². The summed E-state index contributed by atoms with van der Waals surface area (Å²) in [6.45, 7) is 4.35. The van der Waals surface area contributed by atoms with Crippen LogP contribution in [0.25, 0.3) is 11.3 Å². The zero-order valence-corrected chi connectivity index (χ0v) is 18.6. The molecule has 0 amide bonds. The number of nitro benzene ring substituents is 1. The molecule has 0 aliphatic heterocycles. The average Bonchev–Trinajstić information content (AvgIpc) is 3.17. The van der Waals surface area contributed by atoms with E-state index < -0.39 is 0 Å². The molecule has 1 heterocycles. The van der Waals surface area contributed by atoms with Gasteiger partial charge in [-0.2, -0.15) is 5.10 Å². The Bertz CT molecular complexity index is 1150. The number of benzene rings is 2. The van der Waals surface area contributed by atoms with Crippen molar-refractivity contribution in [3.63, 3.8) is 0 Å². The Morgan fingerprint density at radius 3 is 2.29 bits per heavy atom. The highest BCUT2D eigenvalue weighted by Gasteiger charge is 2.13. The molecule has 3 aromatic rings. The number of nitrogens with zero attached hydrogens (tertiary/aromatic N) is 4. The summed E-state index contributed by atoms with van der Waals surface area (Å²) in [5, 5.41) is 18.0. The molecule has 4 rings (SSSR count). The van der Waals surface area contributed by atoms with E-state index in [4.69, 9.17) is 10.1 Å². The van der Waals surface area contributed by atoms with E-state index >= 15 is 0 Å². The summed E-state index contributed by atoms with van der Waals surface area (Å²) < 4.78 is 1.91. The van der Waals surface area contributed by atoms with Crippen molar-refractivity contribution in [1.29, 1.82) is 0 Å². The van der Waals surface area contributed by atoms with Crippen molar-refractivity contribution < 1.29 is 4.92 Å². The standard InChI is InChI=1S/C24H26N4O2S/c1-17(2)18-8-12-20(13-9-18)25-24-27(26-21-6-4-3-5-7-21)23(16-31-24)19-10-14-22(15-11-19)28(29)30/h8-17H,3-7H2,1-2H3. The van der Waals surface area contributed by atoms with Gasteiger partial charge in [0.25, 0.3) is 5.69 Å². The van der Waals surface area contributed by atoms with E-state index in [-0.39, 0.29) is 10.6 Å². The average molecular weight is 435 g/mol. The lowest BCUT2D eigenvalue weighted by Gasteiger charge is -2.13. The van der Waals surface area contributed by atoms with Gasteiger partial charge in [-0.05, 0) is 61.4 Å². The van der Waals surface area contributed by atoms with Gasteiger partial charge in [0.15, 0.2) is 0 Å². The third kappa shape index (κ3) is 4.99. The zero-order chi connectivity index (χ0) is 21.8. The number of hydrogen-bond acceptors (Lipinski definition) is 5. The largest absolute Gasteiger partial charge is 0.269 e. The van der Waals surface area contributed by atoms with Crippen LogP contribution >= 0.6 is 11.3 Å². The Labute approximate surface area is 185 Å². The van der Waals surface area contributed by atoms with Gasteiger partial charge < -0.3 is 0 Å². The Morgan fingerprint density at radius 2 is 1.68 bits per heavy atom. The minimum absolute atomic E-state index is 0.0827. The highest BCUT2D eigenvalue weighted by Crippen LogP contribution is 2.25. The lowest BCUT2D eigenvalue weighted by molar-refractivity contribution is -0.384. The Hall–Kier alpha value is -3.06. The number of nitro groups is 1. The highest BCUT2D eigenvalue weighted by atomic mass is 32.1. The van der Waals surface area contributed by atoms with Crippen molar-refractivity contribution in [2.75, 3.05) is 0 Å². The molecule has 0 saturated heterocycles. The molecule has 0 unspecified atom stereocenters. The van der Waals surface area contributed by atoms with Crippen LogP contribution in [0.4, 0.5) is 11.4 Å². The van der Waals surface area contributed by atoms with Crippen molar-refractivity contribution in [2.45, 2.75) is 51.9 Å². The van der Waals surface area contributed by atoms with Gasteiger partial charge in [0.05, 0.1) is 16.3 Å². The maximum absolute atomic E-state index is 11.0. The fraction of sp³-hybridized carbons (Fsp3) is 0.333. The third-order valence-corrected chi connectivity index (χ3v) is 6.33. The minimum Gasteiger partial charge on any atom is -0.258 e.